The van der Waals surface area contributed by atoms with Crippen molar-refractivity contribution >= 4 is 34.9 Å². The Balaban J connectivity index is 2.24. The first-order valence-electron chi connectivity index (χ1n) is 11.7. The number of esters is 1. The SMILES string of the molecule is CCOCCCNC(=O)C(C#N)=c1sc(=Cc2ccc(C(=O)OC)cc2)c(=O)n1-c1ccccc1C(F)(F)F. The molecule has 0 radical (unpaired) electrons. The van der Waals surface area contributed by atoms with Crippen LogP contribution >= 0.6 is 11.3 Å². The Morgan fingerprint density at radius 3 is 2.46 bits per heavy atom. The third kappa shape index (κ3) is 7.01. The summed E-state index contributed by atoms with van der Waals surface area (Å²) in [5, 5.41) is 12.4. The molecular weight excluding hydrogens is 535 g/mol. The zero-order valence-corrected chi connectivity index (χ0v) is 21.8. The van der Waals surface area contributed by atoms with Crippen LogP contribution in [0, 0.1) is 11.3 Å². The molecule has 0 spiro atoms. The van der Waals surface area contributed by atoms with E-state index >= 15 is 0 Å². The van der Waals surface area contributed by atoms with Crippen molar-refractivity contribution in [2.45, 2.75) is 19.5 Å². The number of carbonyl (C=O) groups is 2. The highest BCUT2D eigenvalue weighted by Gasteiger charge is 2.34. The van der Waals surface area contributed by atoms with Gasteiger partial charge in [-0.3, -0.25) is 14.2 Å². The van der Waals surface area contributed by atoms with Gasteiger partial charge < -0.3 is 14.8 Å². The summed E-state index contributed by atoms with van der Waals surface area (Å²) in [6.07, 6.45) is -2.95. The topological polar surface area (TPSA) is 110 Å². The van der Waals surface area contributed by atoms with Gasteiger partial charge in [0.2, 0.25) is 0 Å². The average Bonchev–Trinajstić information content (AvgIpc) is 3.23. The van der Waals surface area contributed by atoms with Gasteiger partial charge in [-0.25, -0.2) is 4.79 Å². The molecule has 0 atom stereocenters. The molecule has 0 aliphatic carbocycles. The van der Waals surface area contributed by atoms with Gasteiger partial charge in [-0.2, -0.15) is 18.4 Å². The van der Waals surface area contributed by atoms with Crippen molar-refractivity contribution in [3.05, 3.63) is 84.8 Å². The number of benzene rings is 2. The number of hydrogen-bond acceptors (Lipinski definition) is 7. The number of rotatable bonds is 9. The largest absolute Gasteiger partial charge is 0.465 e. The Morgan fingerprint density at radius 2 is 1.85 bits per heavy atom. The summed E-state index contributed by atoms with van der Waals surface area (Å²) >= 11 is 0.709. The minimum absolute atomic E-state index is 0.0234. The molecule has 0 aliphatic heterocycles. The summed E-state index contributed by atoms with van der Waals surface area (Å²) in [6.45, 7) is 2.84. The number of aromatic nitrogens is 1. The number of alkyl halides is 3. The minimum atomic E-state index is -4.81. The molecule has 204 valence electrons. The number of thiazole rings is 1. The van der Waals surface area contributed by atoms with Crippen LogP contribution in [0.25, 0.3) is 17.3 Å². The molecule has 3 rings (SSSR count). The van der Waals surface area contributed by atoms with E-state index in [0.717, 1.165) is 16.7 Å². The molecule has 0 unspecified atom stereocenters. The smallest absolute Gasteiger partial charge is 0.418 e. The van der Waals surface area contributed by atoms with Gasteiger partial charge in [-0.05, 0) is 49.2 Å². The van der Waals surface area contributed by atoms with E-state index in [-0.39, 0.29) is 21.3 Å². The number of nitriles is 1. The van der Waals surface area contributed by atoms with Crippen LogP contribution in [-0.2, 0) is 20.4 Å². The third-order valence-electron chi connectivity index (χ3n) is 5.41. The quantitative estimate of drug-likeness (QED) is 0.319. The van der Waals surface area contributed by atoms with Gasteiger partial charge in [0.15, 0.2) is 5.57 Å². The van der Waals surface area contributed by atoms with Crippen LogP contribution < -0.4 is 20.1 Å². The molecular formula is C27H24F3N3O5S. The lowest BCUT2D eigenvalue weighted by Crippen LogP contribution is -2.35. The molecule has 12 heteroatoms. The number of carbonyl (C=O) groups excluding carboxylic acids is 2. The van der Waals surface area contributed by atoms with Gasteiger partial charge in [-0.15, -0.1) is 11.3 Å². The molecule has 2 aromatic carbocycles. The van der Waals surface area contributed by atoms with Gasteiger partial charge in [-0.1, -0.05) is 24.3 Å². The van der Waals surface area contributed by atoms with E-state index in [1.54, 1.807) is 6.07 Å². The fourth-order valence-electron chi connectivity index (χ4n) is 3.57. The van der Waals surface area contributed by atoms with Gasteiger partial charge in [0.05, 0.1) is 28.5 Å². The van der Waals surface area contributed by atoms with Crippen LogP contribution in [0.2, 0.25) is 0 Å². The highest BCUT2D eigenvalue weighted by molar-refractivity contribution is 7.07. The normalized spacial score (nSPS) is 12.6. The summed E-state index contributed by atoms with van der Waals surface area (Å²) < 4.78 is 51.9. The molecule has 1 aromatic heterocycles. The van der Waals surface area contributed by atoms with Crippen LogP contribution in [0.5, 0.6) is 0 Å². The van der Waals surface area contributed by atoms with Crippen molar-refractivity contribution in [2.24, 2.45) is 0 Å². The Hall–Kier alpha value is -4.21. The number of para-hydroxylation sites is 1. The van der Waals surface area contributed by atoms with Gasteiger partial charge in [0.1, 0.15) is 10.7 Å². The first-order valence-corrected chi connectivity index (χ1v) is 12.5. The highest BCUT2D eigenvalue weighted by atomic mass is 32.1. The second-order valence-corrected chi connectivity index (χ2v) is 9.01. The monoisotopic (exact) mass is 559 g/mol. The van der Waals surface area contributed by atoms with E-state index in [9.17, 15) is 32.8 Å². The highest BCUT2D eigenvalue weighted by Crippen LogP contribution is 2.32. The summed E-state index contributed by atoms with van der Waals surface area (Å²) in [5.41, 5.74) is -2.25. The predicted molar refractivity (Wildman–Crippen MR) is 139 cm³/mol. The number of hydrogen-bond donors (Lipinski definition) is 1. The Labute approximate surface area is 225 Å². The maximum Gasteiger partial charge on any atom is 0.418 e. The van der Waals surface area contributed by atoms with E-state index in [1.165, 1.54) is 49.6 Å². The Kier molecular flexibility index (Phi) is 9.81. The molecule has 39 heavy (non-hydrogen) atoms. The molecule has 0 fully saturated rings. The molecule has 0 bridgehead atoms. The first kappa shape index (κ1) is 29.3. The van der Waals surface area contributed by atoms with E-state index in [4.69, 9.17) is 4.74 Å². The zero-order chi connectivity index (χ0) is 28.6. The van der Waals surface area contributed by atoms with E-state index < -0.39 is 40.4 Å². The van der Waals surface area contributed by atoms with Crippen LogP contribution in [0.4, 0.5) is 13.2 Å². The fourth-order valence-corrected chi connectivity index (χ4v) is 4.66. The van der Waals surface area contributed by atoms with Gasteiger partial charge in [0.25, 0.3) is 11.5 Å². The lowest BCUT2D eigenvalue weighted by molar-refractivity contribution is -0.137. The Bertz CT molecular complexity index is 1570. The fraction of sp³-hybridized carbons (Fsp3) is 0.259. The number of amides is 1. The van der Waals surface area contributed by atoms with Crippen molar-refractivity contribution in [3.63, 3.8) is 0 Å². The van der Waals surface area contributed by atoms with E-state index in [2.05, 4.69) is 10.1 Å². The number of nitrogens with zero attached hydrogens (tertiary/aromatic N) is 2. The molecule has 0 aliphatic rings. The van der Waals surface area contributed by atoms with Crippen molar-refractivity contribution < 1.29 is 32.2 Å². The lowest BCUT2D eigenvalue weighted by atomic mass is 10.1. The molecule has 3 aromatic rings. The zero-order valence-electron chi connectivity index (χ0n) is 21.0. The van der Waals surface area contributed by atoms with Crippen LogP contribution in [0.15, 0.2) is 53.3 Å². The minimum Gasteiger partial charge on any atom is -0.465 e. The maximum absolute atomic E-state index is 13.9. The third-order valence-corrected chi connectivity index (χ3v) is 6.50. The second kappa shape index (κ2) is 13.0. The van der Waals surface area contributed by atoms with Crippen molar-refractivity contribution in [3.8, 4) is 11.8 Å². The van der Waals surface area contributed by atoms with Crippen molar-refractivity contribution in [1.29, 1.82) is 5.26 Å². The summed E-state index contributed by atoms with van der Waals surface area (Å²) in [5.74, 6) is -1.39. The number of halogens is 3. The van der Waals surface area contributed by atoms with Crippen LogP contribution in [-0.4, -0.2) is 43.3 Å². The molecule has 1 amide bonds. The molecule has 1 heterocycles. The second-order valence-electron chi connectivity index (χ2n) is 7.98. The van der Waals surface area contributed by atoms with Gasteiger partial charge in [0, 0.05) is 19.8 Å². The maximum atomic E-state index is 13.9. The lowest BCUT2D eigenvalue weighted by Gasteiger charge is -2.13. The van der Waals surface area contributed by atoms with Crippen LogP contribution in [0.3, 0.4) is 0 Å². The summed E-state index contributed by atoms with van der Waals surface area (Å²) in [6, 6.07) is 12.2. The molecule has 8 nitrogen and oxygen atoms in total. The van der Waals surface area contributed by atoms with E-state index in [0.29, 0.717) is 36.5 Å². The first-order chi connectivity index (χ1) is 18.6. The number of nitrogens with one attached hydrogen (secondary N) is 1. The van der Waals surface area contributed by atoms with Crippen LogP contribution in [0.1, 0.15) is 34.8 Å². The number of methoxy groups -OCH3 is 1. The van der Waals surface area contributed by atoms with Crippen molar-refractivity contribution in [1.82, 2.24) is 9.88 Å². The van der Waals surface area contributed by atoms with E-state index in [1.807, 2.05) is 6.92 Å². The number of ether oxygens (including phenoxy) is 2. The standard InChI is InChI=1S/C27H24F3N3O5S/c1-3-38-14-6-13-32-23(34)19(16-31)25-33(21-8-5-4-7-20(21)27(28,29)30)24(35)22(39-25)15-17-9-11-18(12-10-17)26(36)37-2/h4-5,7-12,15H,3,6,13-14H2,1-2H3,(H,32,34). The Morgan fingerprint density at radius 1 is 1.15 bits per heavy atom. The molecule has 0 saturated carbocycles. The predicted octanol–water partition coefficient (Wildman–Crippen LogP) is 2.75. The summed E-state index contributed by atoms with van der Waals surface area (Å²) in [7, 11) is 1.23. The molecule has 0 saturated heterocycles. The van der Waals surface area contributed by atoms with Crippen molar-refractivity contribution in [2.75, 3.05) is 26.9 Å². The summed E-state index contributed by atoms with van der Waals surface area (Å²) in [4.78, 5) is 38.1. The average molecular weight is 560 g/mol. The van der Waals surface area contributed by atoms with Gasteiger partial charge >= 0.3 is 12.1 Å². The molecule has 1 N–H and O–H groups in total.